The highest BCUT2D eigenvalue weighted by molar-refractivity contribution is 5.97. The van der Waals surface area contributed by atoms with Gasteiger partial charge in [0.25, 0.3) is 0 Å². The summed E-state index contributed by atoms with van der Waals surface area (Å²) < 4.78 is 0. The van der Waals surface area contributed by atoms with Crippen LogP contribution in [0.15, 0.2) is 224 Å². The summed E-state index contributed by atoms with van der Waals surface area (Å²) >= 11 is 0. The van der Waals surface area contributed by atoms with E-state index < -0.39 is 5.41 Å². The van der Waals surface area contributed by atoms with E-state index in [1.807, 2.05) is 0 Å². The Kier molecular flexibility index (Phi) is 8.08. The van der Waals surface area contributed by atoms with Crippen molar-refractivity contribution >= 4 is 17.1 Å². The number of hydrogen-bond acceptors (Lipinski definition) is 1. The third-order valence-corrected chi connectivity index (χ3v) is 16.3. The van der Waals surface area contributed by atoms with E-state index in [0.717, 1.165) is 17.1 Å². The second-order valence-corrected chi connectivity index (χ2v) is 20.4. The van der Waals surface area contributed by atoms with Crippen LogP contribution in [0.3, 0.4) is 0 Å². The molecule has 322 valence electrons. The van der Waals surface area contributed by atoms with Gasteiger partial charge in [-0.05, 0) is 160 Å². The first-order chi connectivity index (χ1) is 33.2. The molecule has 10 aromatic carbocycles. The maximum absolute atomic E-state index is 2.51. The largest absolute Gasteiger partial charge is 0.310 e. The number of fused-ring (bicyclic) bond motifs is 16. The molecule has 0 atom stereocenters. The summed E-state index contributed by atoms with van der Waals surface area (Å²) in [6, 6.07) is 85.0. The third-order valence-electron chi connectivity index (χ3n) is 16.3. The van der Waals surface area contributed by atoms with Crippen LogP contribution in [0.1, 0.15) is 72.2 Å². The lowest BCUT2D eigenvalue weighted by Crippen LogP contribution is -2.26. The van der Waals surface area contributed by atoms with Gasteiger partial charge >= 0.3 is 0 Å². The Bertz CT molecular complexity index is 3550. The normalized spacial score (nSPS) is 15.1. The Morgan fingerprint density at radius 2 is 0.574 bits per heavy atom. The van der Waals surface area contributed by atoms with Gasteiger partial charge in [0.15, 0.2) is 0 Å². The van der Waals surface area contributed by atoms with Gasteiger partial charge in [0.2, 0.25) is 0 Å². The fourth-order valence-electron chi connectivity index (χ4n) is 13.1. The molecule has 4 aliphatic carbocycles. The molecule has 0 aromatic heterocycles. The van der Waals surface area contributed by atoms with Crippen molar-refractivity contribution in [1.82, 2.24) is 0 Å². The second-order valence-electron chi connectivity index (χ2n) is 20.4. The van der Waals surface area contributed by atoms with Crippen LogP contribution < -0.4 is 4.90 Å². The van der Waals surface area contributed by atoms with E-state index in [1.54, 1.807) is 0 Å². The number of anilines is 3. The Balaban J connectivity index is 0.969. The number of benzene rings is 10. The zero-order valence-electron chi connectivity index (χ0n) is 38.8. The summed E-state index contributed by atoms with van der Waals surface area (Å²) in [4.78, 5) is 2.49. The average molecular weight is 868 g/mol. The predicted octanol–water partition coefficient (Wildman–Crippen LogP) is 17.4. The molecule has 10 aromatic rings. The lowest BCUT2D eigenvalue weighted by atomic mass is 9.70. The van der Waals surface area contributed by atoms with Crippen molar-refractivity contribution in [2.24, 2.45) is 0 Å². The fourth-order valence-corrected chi connectivity index (χ4v) is 13.1. The minimum absolute atomic E-state index is 0.0442. The summed E-state index contributed by atoms with van der Waals surface area (Å²) in [7, 11) is 0. The van der Waals surface area contributed by atoms with E-state index >= 15 is 0 Å². The van der Waals surface area contributed by atoms with Crippen LogP contribution in [0.25, 0.3) is 66.8 Å². The molecular formula is C67H49N. The summed E-state index contributed by atoms with van der Waals surface area (Å²) in [6.45, 7) is 9.42. The predicted molar refractivity (Wildman–Crippen MR) is 283 cm³/mol. The molecule has 0 amide bonds. The molecular weight excluding hydrogens is 819 g/mol. The first kappa shape index (κ1) is 39.2. The fraction of sp³-hybridized carbons (Fsp3) is 0.104. The molecule has 14 rings (SSSR count). The minimum atomic E-state index is -0.451. The molecule has 0 bridgehead atoms. The summed E-state index contributed by atoms with van der Waals surface area (Å²) in [5, 5.41) is 0. The van der Waals surface area contributed by atoms with Gasteiger partial charge in [-0.1, -0.05) is 204 Å². The molecule has 0 fully saturated rings. The number of rotatable bonds is 5. The van der Waals surface area contributed by atoms with Gasteiger partial charge in [-0.15, -0.1) is 0 Å². The lowest BCUT2D eigenvalue weighted by Gasteiger charge is -2.32. The molecule has 1 spiro atoms. The van der Waals surface area contributed by atoms with E-state index in [2.05, 4.69) is 257 Å². The van der Waals surface area contributed by atoms with Crippen LogP contribution in [0.4, 0.5) is 17.1 Å². The molecule has 0 heterocycles. The molecule has 1 heteroatoms. The standard InChI is InChI=1S/C67H49N/c1-65(2)57-26-10-5-24-52(57)55-39-44(31-35-59(55)65)42-17-15-19-46(37-42)68(47-20-16-18-43(38-47)45-32-36-60-56(40-45)53-25-6-11-27-58(53)66(60,3)4)48-33-34-54-51-23-9-14-30-63(51)67(64(54)41-48)61-28-12-7-21-49(61)50-22-8-13-29-62(50)67/h5-41H,1-4H3. The molecule has 0 N–H and O–H groups in total. The van der Waals surface area contributed by atoms with Gasteiger partial charge in [-0.2, -0.15) is 0 Å². The van der Waals surface area contributed by atoms with E-state index in [0.29, 0.717) is 0 Å². The van der Waals surface area contributed by atoms with Gasteiger partial charge in [0.05, 0.1) is 5.41 Å². The highest BCUT2D eigenvalue weighted by Crippen LogP contribution is 2.63. The topological polar surface area (TPSA) is 3.24 Å². The molecule has 4 aliphatic rings. The van der Waals surface area contributed by atoms with Gasteiger partial charge in [-0.3, -0.25) is 0 Å². The molecule has 0 saturated carbocycles. The monoisotopic (exact) mass is 867 g/mol. The smallest absolute Gasteiger partial charge is 0.0726 e. The van der Waals surface area contributed by atoms with Crippen molar-refractivity contribution in [3.05, 3.63) is 269 Å². The van der Waals surface area contributed by atoms with Crippen molar-refractivity contribution in [2.75, 3.05) is 4.90 Å². The third kappa shape index (κ3) is 5.22. The molecule has 0 unspecified atom stereocenters. The molecule has 0 aliphatic heterocycles. The van der Waals surface area contributed by atoms with Gasteiger partial charge in [-0.25, -0.2) is 0 Å². The first-order valence-corrected chi connectivity index (χ1v) is 24.2. The van der Waals surface area contributed by atoms with E-state index in [4.69, 9.17) is 0 Å². The van der Waals surface area contributed by atoms with Crippen molar-refractivity contribution in [3.63, 3.8) is 0 Å². The Morgan fingerprint density at radius 1 is 0.235 bits per heavy atom. The van der Waals surface area contributed by atoms with Crippen LogP contribution in [0, 0.1) is 0 Å². The van der Waals surface area contributed by atoms with Crippen LogP contribution in [-0.2, 0) is 16.2 Å². The summed E-state index contributed by atoms with van der Waals surface area (Å²) in [5.74, 6) is 0. The van der Waals surface area contributed by atoms with E-state index in [1.165, 1.54) is 111 Å². The van der Waals surface area contributed by atoms with Gasteiger partial charge < -0.3 is 4.90 Å². The van der Waals surface area contributed by atoms with Gasteiger partial charge in [0, 0.05) is 27.9 Å². The second kappa shape index (κ2) is 14.0. The molecule has 1 nitrogen and oxygen atoms in total. The Labute approximate surface area is 399 Å². The highest BCUT2D eigenvalue weighted by Gasteiger charge is 2.51. The van der Waals surface area contributed by atoms with Crippen molar-refractivity contribution in [2.45, 2.75) is 43.9 Å². The van der Waals surface area contributed by atoms with Crippen LogP contribution in [-0.4, -0.2) is 0 Å². The first-order valence-electron chi connectivity index (χ1n) is 24.2. The zero-order chi connectivity index (χ0) is 45.5. The number of nitrogens with zero attached hydrogens (tertiary/aromatic N) is 1. The van der Waals surface area contributed by atoms with Gasteiger partial charge in [0.1, 0.15) is 0 Å². The zero-order valence-corrected chi connectivity index (χ0v) is 38.8. The van der Waals surface area contributed by atoms with E-state index in [-0.39, 0.29) is 10.8 Å². The average Bonchev–Trinajstić information content (AvgIpc) is 4.01. The minimum Gasteiger partial charge on any atom is -0.310 e. The summed E-state index contributed by atoms with van der Waals surface area (Å²) in [6.07, 6.45) is 0. The van der Waals surface area contributed by atoms with E-state index in [9.17, 15) is 0 Å². The van der Waals surface area contributed by atoms with Crippen LogP contribution in [0.5, 0.6) is 0 Å². The maximum Gasteiger partial charge on any atom is 0.0726 e. The highest BCUT2D eigenvalue weighted by atomic mass is 15.1. The van der Waals surface area contributed by atoms with Crippen LogP contribution in [0.2, 0.25) is 0 Å². The Morgan fingerprint density at radius 3 is 1.01 bits per heavy atom. The number of hydrogen-bond donors (Lipinski definition) is 0. The summed E-state index contributed by atoms with van der Waals surface area (Å²) in [5.41, 5.74) is 29.1. The SMILES string of the molecule is CC1(C)c2ccccc2-c2cc(-c3cccc(N(c4cccc(-c5ccc6c(c5)-c5ccccc5C6(C)C)c4)c4ccc5c(c4)C4(c6ccccc6-c6ccccc64)c4ccccc4-5)c3)ccc21. The van der Waals surface area contributed by atoms with Crippen LogP contribution >= 0.6 is 0 Å². The maximum atomic E-state index is 2.51. The Hall–Kier alpha value is -8.00. The quantitative estimate of drug-likeness (QED) is 0.167. The lowest BCUT2D eigenvalue weighted by molar-refractivity contribution is 0.660. The van der Waals surface area contributed by atoms with Crippen molar-refractivity contribution in [3.8, 4) is 66.8 Å². The van der Waals surface area contributed by atoms with Crippen molar-refractivity contribution in [1.29, 1.82) is 0 Å². The van der Waals surface area contributed by atoms with Crippen molar-refractivity contribution < 1.29 is 0 Å². The molecule has 0 saturated heterocycles. The molecule has 0 radical (unpaired) electrons. The molecule has 68 heavy (non-hydrogen) atoms.